The molecular weight excluding hydrogens is 346 g/mol. The van der Waals surface area contributed by atoms with Gasteiger partial charge in [0.25, 0.3) is 0 Å². The molecular formula is C20H27N3O4. The van der Waals surface area contributed by atoms with Crippen molar-refractivity contribution in [2.24, 2.45) is 5.92 Å². The van der Waals surface area contributed by atoms with E-state index in [1.165, 1.54) is 5.56 Å². The van der Waals surface area contributed by atoms with Crippen molar-refractivity contribution in [3.8, 4) is 17.2 Å². The fraction of sp³-hybridized carbons (Fsp3) is 0.500. The standard InChI is InChI=1S/C20H27N3O4/c1-2-4-15(12-24)9-16-19(11-22-20(21)23-16)25-8-3-5-14-6-7-17-18(10-14)27-13-26-17/h6-7,10-11,15,24H,2-5,8-9,12-13H2,1H3,(H2,21,22,23)/t15-/m1/s1. The molecule has 7 heteroatoms. The number of aryl methyl sites for hydroxylation is 1. The van der Waals surface area contributed by atoms with E-state index in [1.807, 2.05) is 18.2 Å². The van der Waals surface area contributed by atoms with Crippen molar-refractivity contribution in [2.45, 2.75) is 39.0 Å². The summed E-state index contributed by atoms with van der Waals surface area (Å²) >= 11 is 0. The first-order valence-electron chi connectivity index (χ1n) is 9.43. The van der Waals surface area contributed by atoms with Crippen LogP contribution in [0, 0.1) is 5.92 Å². The first-order valence-corrected chi connectivity index (χ1v) is 9.43. The van der Waals surface area contributed by atoms with Crippen LogP contribution in [-0.4, -0.2) is 35.1 Å². The highest BCUT2D eigenvalue weighted by atomic mass is 16.7. The highest BCUT2D eigenvalue weighted by molar-refractivity contribution is 5.44. The molecule has 27 heavy (non-hydrogen) atoms. The van der Waals surface area contributed by atoms with E-state index in [9.17, 15) is 5.11 Å². The minimum atomic E-state index is 0.126. The van der Waals surface area contributed by atoms with Crippen LogP contribution in [0.15, 0.2) is 24.4 Å². The second-order valence-electron chi connectivity index (χ2n) is 6.72. The summed E-state index contributed by atoms with van der Waals surface area (Å²) < 4.78 is 16.6. The van der Waals surface area contributed by atoms with E-state index in [0.29, 0.717) is 18.8 Å². The van der Waals surface area contributed by atoms with E-state index >= 15 is 0 Å². The van der Waals surface area contributed by atoms with Crippen LogP contribution < -0.4 is 19.9 Å². The fourth-order valence-corrected chi connectivity index (χ4v) is 3.18. The predicted octanol–water partition coefficient (Wildman–Crippen LogP) is 2.75. The Morgan fingerprint density at radius 1 is 1.30 bits per heavy atom. The van der Waals surface area contributed by atoms with Gasteiger partial charge in [0.2, 0.25) is 12.7 Å². The van der Waals surface area contributed by atoms with Gasteiger partial charge in [-0.3, -0.25) is 0 Å². The highest BCUT2D eigenvalue weighted by Gasteiger charge is 2.15. The highest BCUT2D eigenvalue weighted by Crippen LogP contribution is 2.32. The summed E-state index contributed by atoms with van der Waals surface area (Å²) in [4.78, 5) is 8.36. The van der Waals surface area contributed by atoms with Crippen LogP contribution in [0.4, 0.5) is 5.95 Å². The van der Waals surface area contributed by atoms with Gasteiger partial charge in [0, 0.05) is 6.61 Å². The molecule has 1 aliphatic rings. The summed E-state index contributed by atoms with van der Waals surface area (Å²) in [5, 5.41) is 9.55. The number of anilines is 1. The zero-order valence-corrected chi connectivity index (χ0v) is 15.7. The SMILES string of the molecule is CCC[C@@H](CO)Cc1nc(N)ncc1OCCCc1ccc2c(c1)OCO2. The third-order valence-electron chi connectivity index (χ3n) is 4.59. The lowest BCUT2D eigenvalue weighted by Crippen LogP contribution is -2.13. The van der Waals surface area contributed by atoms with E-state index < -0.39 is 0 Å². The Morgan fingerprint density at radius 3 is 2.96 bits per heavy atom. The Labute approximate surface area is 159 Å². The molecule has 0 unspecified atom stereocenters. The molecule has 0 amide bonds. The fourth-order valence-electron chi connectivity index (χ4n) is 3.18. The molecule has 0 saturated heterocycles. The van der Waals surface area contributed by atoms with Crippen molar-refractivity contribution in [2.75, 3.05) is 25.7 Å². The molecule has 0 radical (unpaired) electrons. The number of nitrogens with zero attached hydrogens (tertiary/aromatic N) is 2. The van der Waals surface area contributed by atoms with Crippen LogP contribution in [0.3, 0.4) is 0 Å². The summed E-state index contributed by atoms with van der Waals surface area (Å²) in [6.07, 6.45) is 5.92. The topological polar surface area (TPSA) is 99.7 Å². The molecule has 7 nitrogen and oxygen atoms in total. The molecule has 0 saturated carbocycles. The molecule has 1 aromatic heterocycles. The molecule has 0 spiro atoms. The first-order chi connectivity index (χ1) is 13.2. The maximum atomic E-state index is 9.55. The van der Waals surface area contributed by atoms with Gasteiger partial charge in [-0.05, 0) is 49.3 Å². The zero-order valence-electron chi connectivity index (χ0n) is 15.7. The third kappa shape index (κ3) is 5.23. The molecule has 3 rings (SSSR count). The predicted molar refractivity (Wildman–Crippen MR) is 102 cm³/mol. The van der Waals surface area contributed by atoms with Crippen molar-refractivity contribution in [3.05, 3.63) is 35.7 Å². The van der Waals surface area contributed by atoms with E-state index in [0.717, 1.165) is 42.9 Å². The van der Waals surface area contributed by atoms with Gasteiger partial charge >= 0.3 is 0 Å². The zero-order chi connectivity index (χ0) is 19.1. The summed E-state index contributed by atoms with van der Waals surface area (Å²) in [7, 11) is 0. The lowest BCUT2D eigenvalue weighted by atomic mass is 9.98. The third-order valence-corrected chi connectivity index (χ3v) is 4.59. The molecule has 0 fully saturated rings. The van der Waals surface area contributed by atoms with Crippen molar-refractivity contribution in [1.29, 1.82) is 0 Å². The first kappa shape index (κ1) is 19.2. The number of ether oxygens (including phenoxy) is 3. The maximum absolute atomic E-state index is 9.55. The number of nitrogens with two attached hydrogens (primary N) is 1. The Kier molecular flexibility index (Phi) is 6.70. The lowest BCUT2D eigenvalue weighted by Gasteiger charge is -2.16. The summed E-state index contributed by atoms with van der Waals surface area (Å²) in [5.41, 5.74) is 7.67. The Balaban J connectivity index is 1.54. The second kappa shape index (κ2) is 9.41. The largest absolute Gasteiger partial charge is 0.490 e. The Hall–Kier alpha value is -2.54. The normalized spacial score (nSPS) is 13.6. The van der Waals surface area contributed by atoms with E-state index in [1.54, 1.807) is 6.20 Å². The summed E-state index contributed by atoms with van der Waals surface area (Å²) in [5.74, 6) is 2.62. The molecule has 146 valence electrons. The molecule has 2 aromatic rings. The van der Waals surface area contributed by atoms with E-state index in [-0.39, 0.29) is 25.3 Å². The number of hydrogen-bond donors (Lipinski definition) is 2. The van der Waals surface area contributed by atoms with Gasteiger partial charge in [-0.1, -0.05) is 19.4 Å². The van der Waals surface area contributed by atoms with Crippen LogP contribution in [-0.2, 0) is 12.8 Å². The molecule has 1 atom stereocenters. The van der Waals surface area contributed by atoms with E-state index in [4.69, 9.17) is 19.9 Å². The van der Waals surface area contributed by atoms with E-state index in [2.05, 4.69) is 16.9 Å². The maximum Gasteiger partial charge on any atom is 0.231 e. The van der Waals surface area contributed by atoms with Crippen molar-refractivity contribution in [1.82, 2.24) is 9.97 Å². The monoisotopic (exact) mass is 373 g/mol. The number of rotatable bonds is 10. The molecule has 1 aromatic carbocycles. The number of fused-ring (bicyclic) bond motifs is 1. The van der Waals surface area contributed by atoms with Crippen LogP contribution in [0.2, 0.25) is 0 Å². The van der Waals surface area contributed by atoms with Gasteiger partial charge < -0.3 is 25.1 Å². The number of aliphatic hydroxyl groups is 1. The second-order valence-corrected chi connectivity index (χ2v) is 6.72. The molecule has 2 heterocycles. The molecule has 0 bridgehead atoms. The smallest absolute Gasteiger partial charge is 0.231 e. The van der Waals surface area contributed by atoms with Crippen molar-refractivity contribution in [3.63, 3.8) is 0 Å². The minimum absolute atomic E-state index is 0.126. The number of nitrogen functional groups attached to an aromatic ring is 1. The van der Waals surface area contributed by atoms with Gasteiger partial charge in [-0.15, -0.1) is 0 Å². The minimum Gasteiger partial charge on any atom is -0.490 e. The average Bonchev–Trinajstić information content (AvgIpc) is 3.14. The van der Waals surface area contributed by atoms with Gasteiger partial charge in [0.1, 0.15) is 0 Å². The van der Waals surface area contributed by atoms with Crippen LogP contribution >= 0.6 is 0 Å². The lowest BCUT2D eigenvalue weighted by molar-refractivity contribution is 0.174. The van der Waals surface area contributed by atoms with Crippen LogP contribution in [0.25, 0.3) is 0 Å². The summed E-state index contributed by atoms with van der Waals surface area (Å²) in [6.45, 7) is 3.06. The van der Waals surface area contributed by atoms with Crippen LogP contribution in [0.1, 0.15) is 37.4 Å². The van der Waals surface area contributed by atoms with Gasteiger partial charge in [-0.2, -0.15) is 0 Å². The number of aromatic nitrogens is 2. The Bertz CT molecular complexity index is 754. The molecule has 1 aliphatic heterocycles. The average molecular weight is 373 g/mol. The van der Waals surface area contributed by atoms with Crippen molar-refractivity contribution < 1.29 is 19.3 Å². The van der Waals surface area contributed by atoms with Crippen molar-refractivity contribution >= 4 is 5.95 Å². The quantitative estimate of drug-likeness (QED) is 0.618. The molecule has 0 aliphatic carbocycles. The number of hydrogen-bond acceptors (Lipinski definition) is 7. The van der Waals surface area contributed by atoms with Gasteiger partial charge in [0.15, 0.2) is 17.2 Å². The van der Waals surface area contributed by atoms with Gasteiger partial charge in [0.05, 0.1) is 18.5 Å². The van der Waals surface area contributed by atoms with Crippen LogP contribution in [0.5, 0.6) is 17.2 Å². The Morgan fingerprint density at radius 2 is 2.15 bits per heavy atom. The van der Waals surface area contributed by atoms with Gasteiger partial charge in [-0.25, -0.2) is 9.97 Å². The summed E-state index contributed by atoms with van der Waals surface area (Å²) in [6, 6.07) is 5.99. The number of benzene rings is 1. The number of aliphatic hydroxyl groups excluding tert-OH is 1. The molecule has 3 N–H and O–H groups in total.